The molecule has 0 spiro atoms. The molecule has 0 aliphatic rings. The van der Waals surface area contributed by atoms with Crippen molar-refractivity contribution in [2.45, 2.75) is 13.5 Å². The maximum atomic E-state index is 12.6. The van der Waals surface area contributed by atoms with Gasteiger partial charge < -0.3 is 14.0 Å². The van der Waals surface area contributed by atoms with Crippen molar-refractivity contribution in [3.05, 3.63) is 81.6 Å². The molecule has 0 aliphatic heterocycles. The summed E-state index contributed by atoms with van der Waals surface area (Å²) in [6, 6.07) is 14.1. The van der Waals surface area contributed by atoms with E-state index < -0.39 is 11.9 Å². The molecule has 2 aromatic carbocycles. The fraction of sp³-hybridized carbons (Fsp3) is 0.190. The summed E-state index contributed by atoms with van der Waals surface area (Å²) in [5.41, 5.74) is 1.74. The molecule has 0 aliphatic carbocycles. The van der Waals surface area contributed by atoms with Crippen LogP contribution in [0.15, 0.2) is 59.5 Å². The van der Waals surface area contributed by atoms with Gasteiger partial charge in [-0.05, 0) is 36.8 Å². The summed E-state index contributed by atoms with van der Waals surface area (Å²) >= 11 is 0. The van der Waals surface area contributed by atoms with E-state index in [4.69, 9.17) is 9.47 Å². The molecule has 3 rings (SSSR count). The van der Waals surface area contributed by atoms with E-state index in [0.29, 0.717) is 23.0 Å². The summed E-state index contributed by atoms with van der Waals surface area (Å²) < 4.78 is 11.5. The van der Waals surface area contributed by atoms with Gasteiger partial charge >= 0.3 is 11.9 Å². The Bertz CT molecular complexity index is 1050. The summed E-state index contributed by atoms with van der Waals surface area (Å²) in [4.78, 5) is 36.4. The number of aromatic nitrogens is 1. The number of nitrogens with zero attached hydrogens (tertiary/aromatic N) is 1. The average molecular weight is 365 g/mol. The quantitative estimate of drug-likeness (QED) is 0.650. The van der Waals surface area contributed by atoms with Crippen LogP contribution in [0.25, 0.3) is 10.9 Å². The van der Waals surface area contributed by atoms with Crippen molar-refractivity contribution in [3.8, 4) is 0 Å². The minimum Gasteiger partial charge on any atom is -0.465 e. The highest BCUT2D eigenvalue weighted by molar-refractivity contribution is 5.93. The van der Waals surface area contributed by atoms with Crippen molar-refractivity contribution in [2.24, 2.45) is 0 Å². The Morgan fingerprint density at radius 1 is 1.00 bits per heavy atom. The number of rotatable bonds is 5. The first-order valence-electron chi connectivity index (χ1n) is 8.51. The number of methoxy groups -OCH3 is 1. The Labute approximate surface area is 156 Å². The fourth-order valence-electron chi connectivity index (χ4n) is 2.89. The molecule has 0 unspecified atom stereocenters. The van der Waals surface area contributed by atoms with Crippen LogP contribution < -0.4 is 5.43 Å². The van der Waals surface area contributed by atoms with Gasteiger partial charge in [0, 0.05) is 18.1 Å². The second-order valence-corrected chi connectivity index (χ2v) is 5.93. The minimum atomic E-state index is -0.636. The van der Waals surface area contributed by atoms with E-state index in [1.807, 2.05) is 28.8 Å². The van der Waals surface area contributed by atoms with Crippen LogP contribution in [0.2, 0.25) is 0 Å². The zero-order chi connectivity index (χ0) is 19.4. The van der Waals surface area contributed by atoms with Gasteiger partial charge in [0.25, 0.3) is 0 Å². The smallest absolute Gasteiger partial charge is 0.343 e. The third kappa shape index (κ3) is 3.74. The number of carbonyl (C=O) groups is 2. The highest BCUT2D eigenvalue weighted by Crippen LogP contribution is 2.15. The SMILES string of the molecule is CCOC(=O)c1cn(Cc2ccc(C(=O)OC)cc2)c2ccccc2c1=O. The van der Waals surface area contributed by atoms with Crippen LogP contribution in [-0.4, -0.2) is 30.2 Å². The predicted molar refractivity (Wildman–Crippen MR) is 101 cm³/mol. The molecule has 0 fully saturated rings. The Balaban J connectivity index is 2.05. The molecule has 3 aromatic rings. The zero-order valence-electron chi connectivity index (χ0n) is 15.1. The number of hydrogen-bond acceptors (Lipinski definition) is 5. The molecule has 0 bridgehead atoms. The topological polar surface area (TPSA) is 74.6 Å². The van der Waals surface area contributed by atoms with Crippen molar-refractivity contribution < 1.29 is 19.1 Å². The number of esters is 2. The highest BCUT2D eigenvalue weighted by atomic mass is 16.5. The number of pyridine rings is 1. The molecule has 138 valence electrons. The Hall–Kier alpha value is -3.41. The molecule has 0 radical (unpaired) electrons. The molecule has 0 N–H and O–H groups in total. The Morgan fingerprint density at radius 2 is 1.70 bits per heavy atom. The first-order chi connectivity index (χ1) is 13.0. The number of benzene rings is 2. The van der Waals surface area contributed by atoms with E-state index in [-0.39, 0.29) is 17.6 Å². The lowest BCUT2D eigenvalue weighted by Gasteiger charge is -2.13. The number of fused-ring (bicyclic) bond motifs is 1. The van der Waals surface area contributed by atoms with E-state index in [1.54, 1.807) is 31.2 Å². The van der Waals surface area contributed by atoms with Gasteiger partial charge in [-0.15, -0.1) is 0 Å². The first kappa shape index (κ1) is 18.4. The molecule has 6 heteroatoms. The zero-order valence-corrected chi connectivity index (χ0v) is 15.1. The second-order valence-electron chi connectivity index (χ2n) is 5.93. The second kappa shape index (κ2) is 7.86. The number of hydrogen-bond donors (Lipinski definition) is 0. The molecule has 0 atom stereocenters. The van der Waals surface area contributed by atoms with Crippen molar-refractivity contribution in [1.82, 2.24) is 4.57 Å². The fourth-order valence-corrected chi connectivity index (χ4v) is 2.89. The lowest BCUT2D eigenvalue weighted by molar-refractivity contribution is 0.0523. The van der Waals surface area contributed by atoms with Gasteiger partial charge in [0.15, 0.2) is 0 Å². The first-order valence-corrected chi connectivity index (χ1v) is 8.51. The average Bonchev–Trinajstić information content (AvgIpc) is 2.70. The number of para-hydroxylation sites is 1. The van der Waals surface area contributed by atoms with Gasteiger partial charge in [-0.25, -0.2) is 9.59 Å². The third-order valence-corrected chi connectivity index (χ3v) is 4.21. The third-order valence-electron chi connectivity index (χ3n) is 4.21. The molecule has 27 heavy (non-hydrogen) atoms. The molecule has 0 amide bonds. The molecule has 1 heterocycles. The Morgan fingerprint density at radius 3 is 2.37 bits per heavy atom. The summed E-state index contributed by atoms with van der Waals surface area (Å²) in [6.45, 7) is 2.31. The van der Waals surface area contributed by atoms with Gasteiger partial charge in [0.2, 0.25) is 5.43 Å². The maximum absolute atomic E-state index is 12.6. The van der Waals surface area contributed by atoms with E-state index >= 15 is 0 Å². The molecular formula is C21H19NO5. The molecule has 6 nitrogen and oxygen atoms in total. The van der Waals surface area contributed by atoms with Gasteiger partial charge in [0.05, 0.1) is 24.8 Å². The van der Waals surface area contributed by atoms with Crippen molar-refractivity contribution in [2.75, 3.05) is 13.7 Å². The van der Waals surface area contributed by atoms with E-state index in [0.717, 1.165) is 5.56 Å². The summed E-state index contributed by atoms with van der Waals surface area (Å²) in [7, 11) is 1.33. The van der Waals surface area contributed by atoms with Crippen LogP contribution in [-0.2, 0) is 16.0 Å². The standard InChI is InChI=1S/C21H19NO5/c1-3-27-21(25)17-13-22(18-7-5-4-6-16(18)19(17)23)12-14-8-10-15(11-9-14)20(24)26-2/h4-11,13H,3,12H2,1-2H3. The van der Waals surface area contributed by atoms with E-state index in [9.17, 15) is 14.4 Å². The van der Waals surface area contributed by atoms with Crippen molar-refractivity contribution in [3.63, 3.8) is 0 Å². The largest absolute Gasteiger partial charge is 0.465 e. The van der Waals surface area contributed by atoms with Crippen LogP contribution in [0.1, 0.15) is 33.2 Å². The molecule has 0 saturated carbocycles. The van der Waals surface area contributed by atoms with Gasteiger partial charge in [-0.2, -0.15) is 0 Å². The lowest BCUT2D eigenvalue weighted by atomic mass is 10.1. The molecular weight excluding hydrogens is 346 g/mol. The summed E-state index contributed by atoms with van der Waals surface area (Å²) in [5.74, 6) is -1.04. The lowest BCUT2D eigenvalue weighted by Crippen LogP contribution is -2.21. The molecule has 1 aromatic heterocycles. The van der Waals surface area contributed by atoms with Gasteiger partial charge in [0.1, 0.15) is 5.56 Å². The predicted octanol–water partition coefficient (Wildman–Crippen LogP) is 3.01. The van der Waals surface area contributed by atoms with Crippen LogP contribution >= 0.6 is 0 Å². The summed E-state index contributed by atoms with van der Waals surface area (Å²) in [6.07, 6.45) is 1.52. The normalized spacial score (nSPS) is 10.6. The maximum Gasteiger partial charge on any atom is 0.343 e. The highest BCUT2D eigenvalue weighted by Gasteiger charge is 2.16. The van der Waals surface area contributed by atoms with E-state index in [2.05, 4.69) is 0 Å². The van der Waals surface area contributed by atoms with Gasteiger partial charge in [-0.3, -0.25) is 4.79 Å². The van der Waals surface area contributed by atoms with Crippen LogP contribution in [0.3, 0.4) is 0 Å². The summed E-state index contributed by atoms with van der Waals surface area (Å²) in [5, 5.41) is 0.453. The monoisotopic (exact) mass is 365 g/mol. The van der Waals surface area contributed by atoms with Crippen molar-refractivity contribution >= 4 is 22.8 Å². The van der Waals surface area contributed by atoms with E-state index in [1.165, 1.54) is 13.3 Å². The molecule has 0 saturated heterocycles. The number of ether oxygens (including phenoxy) is 2. The minimum absolute atomic E-state index is 0.00160. The van der Waals surface area contributed by atoms with Crippen LogP contribution in [0, 0.1) is 0 Å². The Kier molecular flexibility index (Phi) is 5.35. The van der Waals surface area contributed by atoms with Crippen molar-refractivity contribution in [1.29, 1.82) is 0 Å². The number of carbonyl (C=O) groups excluding carboxylic acids is 2. The van der Waals surface area contributed by atoms with Gasteiger partial charge in [-0.1, -0.05) is 24.3 Å². The van der Waals surface area contributed by atoms with Crippen LogP contribution in [0.4, 0.5) is 0 Å². The van der Waals surface area contributed by atoms with Crippen LogP contribution in [0.5, 0.6) is 0 Å².